The number of aliphatic carboxylic acids is 2. The molecule has 0 aliphatic rings. The predicted octanol–water partition coefficient (Wildman–Crippen LogP) is 10.8. The second-order valence-electron chi connectivity index (χ2n) is 12.7. The van der Waals surface area contributed by atoms with E-state index in [1.165, 1.54) is 133 Å². The highest BCUT2D eigenvalue weighted by Crippen LogP contribution is 2.33. The van der Waals surface area contributed by atoms with Gasteiger partial charge in [-0.2, -0.15) is 0 Å². The van der Waals surface area contributed by atoms with Gasteiger partial charge in [0, 0.05) is 11.8 Å². The van der Waals surface area contributed by atoms with Crippen LogP contribution in [0.15, 0.2) is 18.2 Å². The van der Waals surface area contributed by atoms with Crippen LogP contribution in [0.1, 0.15) is 168 Å². The Hall–Kier alpha value is -2.44. The number of ether oxygens (including phenoxy) is 2. The number of carboxylic acid groups (broad SMARTS) is 2. The van der Waals surface area contributed by atoms with Crippen LogP contribution in [0.25, 0.3) is 0 Å². The first-order valence-electron chi connectivity index (χ1n) is 18.6. The second kappa shape index (κ2) is 29.0. The molecule has 7 heteroatoms. The van der Waals surface area contributed by atoms with Crippen molar-refractivity contribution >= 4 is 17.6 Å². The highest BCUT2D eigenvalue weighted by molar-refractivity contribution is 5.80. The molecule has 45 heavy (non-hydrogen) atoms. The van der Waals surface area contributed by atoms with Crippen LogP contribution in [0, 0.1) is 0 Å². The van der Waals surface area contributed by atoms with Crippen LogP contribution in [-0.4, -0.2) is 48.5 Å². The Kier molecular flexibility index (Phi) is 26.1. The minimum Gasteiger partial charge on any atom is -0.490 e. The lowest BCUT2D eigenvalue weighted by atomic mass is 10.1. The summed E-state index contributed by atoms with van der Waals surface area (Å²) in [7, 11) is 0. The lowest BCUT2D eigenvalue weighted by Gasteiger charge is -2.22. The van der Waals surface area contributed by atoms with Gasteiger partial charge in [0.15, 0.2) is 11.5 Å². The van der Waals surface area contributed by atoms with Crippen LogP contribution >= 0.6 is 0 Å². The van der Waals surface area contributed by atoms with E-state index in [0.29, 0.717) is 30.4 Å². The van der Waals surface area contributed by atoms with Crippen LogP contribution in [-0.2, 0) is 9.59 Å². The molecular weight excluding hydrogens is 566 g/mol. The fourth-order valence-electron chi connectivity index (χ4n) is 5.74. The van der Waals surface area contributed by atoms with E-state index in [-0.39, 0.29) is 0 Å². The molecule has 260 valence electrons. The van der Waals surface area contributed by atoms with Gasteiger partial charge in [0.1, 0.15) is 13.1 Å². The van der Waals surface area contributed by atoms with Gasteiger partial charge >= 0.3 is 11.9 Å². The van der Waals surface area contributed by atoms with E-state index in [1.54, 1.807) is 18.2 Å². The Morgan fingerprint density at radius 3 is 1.20 bits per heavy atom. The predicted molar refractivity (Wildman–Crippen MR) is 187 cm³/mol. The molecule has 1 aromatic carbocycles. The topological polar surface area (TPSA) is 96.3 Å². The molecule has 2 N–H and O–H groups in total. The molecule has 7 nitrogen and oxygen atoms in total. The van der Waals surface area contributed by atoms with Gasteiger partial charge < -0.3 is 24.6 Å². The molecule has 0 aliphatic heterocycles. The van der Waals surface area contributed by atoms with Crippen LogP contribution in [0.4, 0.5) is 5.69 Å². The van der Waals surface area contributed by atoms with Gasteiger partial charge in [0.25, 0.3) is 0 Å². The summed E-state index contributed by atoms with van der Waals surface area (Å²) < 4.78 is 12.3. The summed E-state index contributed by atoms with van der Waals surface area (Å²) in [6.07, 6.45) is 30.7. The summed E-state index contributed by atoms with van der Waals surface area (Å²) in [6, 6.07) is 5.23. The average Bonchev–Trinajstić information content (AvgIpc) is 3.01. The summed E-state index contributed by atoms with van der Waals surface area (Å²) in [5, 5.41) is 18.6. The monoisotopic (exact) mass is 633 g/mol. The average molecular weight is 634 g/mol. The Balaban J connectivity index is 2.46. The molecule has 0 atom stereocenters. The van der Waals surface area contributed by atoms with E-state index >= 15 is 0 Å². The Bertz CT molecular complexity index is 845. The van der Waals surface area contributed by atoms with Gasteiger partial charge in [-0.05, 0) is 25.0 Å². The largest absolute Gasteiger partial charge is 0.490 e. The third-order valence-electron chi connectivity index (χ3n) is 8.46. The molecule has 0 unspecified atom stereocenters. The molecule has 0 saturated heterocycles. The number of anilines is 1. The van der Waals surface area contributed by atoms with Crippen molar-refractivity contribution in [2.75, 3.05) is 31.2 Å². The lowest BCUT2D eigenvalue weighted by Crippen LogP contribution is -2.34. The number of hydrogen-bond acceptors (Lipinski definition) is 5. The maximum Gasteiger partial charge on any atom is 0.323 e. The third-order valence-corrected chi connectivity index (χ3v) is 8.46. The lowest BCUT2D eigenvalue weighted by molar-refractivity contribution is -0.136. The summed E-state index contributed by atoms with van der Waals surface area (Å²) in [5.41, 5.74) is 0.502. The molecule has 0 amide bonds. The minimum absolute atomic E-state index is 0.399. The molecule has 0 aliphatic carbocycles. The molecule has 0 radical (unpaired) electrons. The van der Waals surface area contributed by atoms with E-state index in [1.807, 2.05) is 0 Å². The number of unbranched alkanes of at least 4 members (excludes halogenated alkanes) is 22. The van der Waals surface area contributed by atoms with Crippen molar-refractivity contribution in [3.8, 4) is 11.5 Å². The number of rotatable bonds is 33. The highest BCUT2D eigenvalue weighted by Gasteiger charge is 2.17. The summed E-state index contributed by atoms with van der Waals surface area (Å²) in [4.78, 5) is 24.1. The Morgan fingerprint density at radius 2 is 0.844 bits per heavy atom. The fourth-order valence-corrected chi connectivity index (χ4v) is 5.74. The third kappa shape index (κ3) is 23.5. The van der Waals surface area contributed by atoms with Gasteiger partial charge in [-0.1, -0.05) is 155 Å². The zero-order valence-electron chi connectivity index (χ0n) is 29.0. The molecule has 0 fully saturated rings. The number of carbonyl (C=O) groups is 2. The first-order valence-corrected chi connectivity index (χ1v) is 18.6. The van der Waals surface area contributed by atoms with Crippen molar-refractivity contribution in [1.82, 2.24) is 0 Å². The van der Waals surface area contributed by atoms with E-state index < -0.39 is 25.0 Å². The highest BCUT2D eigenvalue weighted by atomic mass is 16.5. The Labute approximate surface area is 275 Å². The molecule has 0 spiro atoms. The van der Waals surface area contributed by atoms with Crippen molar-refractivity contribution in [1.29, 1.82) is 0 Å². The van der Waals surface area contributed by atoms with Crippen molar-refractivity contribution in [2.24, 2.45) is 0 Å². The second-order valence-corrected chi connectivity index (χ2v) is 12.7. The van der Waals surface area contributed by atoms with Crippen LogP contribution in [0.3, 0.4) is 0 Å². The minimum atomic E-state index is -1.08. The quantitative estimate of drug-likeness (QED) is 0.0743. The van der Waals surface area contributed by atoms with Crippen LogP contribution < -0.4 is 14.4 Å². The normalized spacial score (nSPS) is 11.1. The van der Waals surface area contributed by atoms with E-state index in [9.17, 15) is 19.8 Å². The first-order chi connectivity index (χ1) is 22.0. The summed E-state index contributed by atoms with van der Waals surface area (Å²) >= 11 is 0. The van der Waals surface area contributed by atoms with E-state index in [0.717, 1.165) is 25.7 Å². The number of nitrogens with zero attached hydrogens (tertiary/aromatic N) is 1. The number of benzene rings is 1. The molecule has 0 heterocycles. The molecule has 0 aromatic heterocycles. The Morgan fingerprint density at radius 1 is 0.511 bits per heavy atom. The molecule has 0 saturated carbocycles. The number of hydrogen-bond donors (Lipinski definition) is 2. The van der Waals surface area contributed by atoms with Gasteiger partial charge in [-0.15, -0.1) is 0 Å². The zero-order chi connectivity index (χ0) is 32.8. The van der Waals surface area contributed by atoms with Crippen LogP contribution in [0.2, 0.25) is 0 Å². The SMILES string of the molecule is CCCCCCCCCCCCCCOc1ccc(N(CC(=O)O)CC(=O)O)cc1OCCCCCCCCCCCCCC. The fraction of sp³-hybridized carbons (Fsp3) is 0.789. The molecular formula is C38H67NO6. The summed E-state index contributed by atoms with van der Waals surface area (Å²) in [5.74, 6) is -0.980. The number of carboxylic acids is 2. The van der Waals surface area contributed by atoms with Gasteiger partial charge in [0.05, 0.1) is 13.2 Å². The van der Waals surface area contributed by atoms with Crippen molar-refractivity contribution in [2.45, 2.75) is 168 Å². The standard InChI is InChI=1S/C38H67NO6/c1-3-5-7-9-11-13-15-17-19-21-23-25-29-44-35-28-27-34(39(32-37(40)41)33-38(42)43)31-36(35)45-30-26-24-22-20-18-16-14-12-10-8-6-4-2/h27-28,31H,3-26,29-30,32-33H2,1-2H3,(H,40,41)(H,42,43). The molecule has 0 bridgehead atoms. The van der Waals surface area contributed by atoms with Crippen molar-refractivity contribution in [3.63, 3.8) is 0 Å². The van der Waals surface area contributed by atoms with Crippen molar-refractivity contribution < 1.29 is 29.3 Å². The van der Waals surface area contributed by atoms with Gasteiger partial charge in [-0.25, -0.2) is 0 Å². The maximum atomic E-state index is 11.4. The van der Waals surface area contributed by atoms with Gasteiger partial charge in [-0.3, -0.25) is 9.59 Å². The van der Waals surface area contributed by atoms with E-state index in [2.05, 4.69) is 13.8 Å². The van der Waals surface area contributed by atoms with E-state index in [4.69, 9.17) is 9.47 Å². The molecule has 1 rings (SSSR count). The summed E-state index contributed by atoms with van der Waals surface area (Å²) in [6.45, 7) is 4.87. The first kappa shape index (κ1) is 40.6. The smallest absolute Gasteiger partial charge is 0.323 e. The zero-order valence-corrected chi connectivity index (χ0v) is 29.0. The van der Waals surface area contributed by atoms with Crippen LogP contribution in [0.5, 0.6) is 11.5 Å². The maximum absolute atomic E-state index is 11.4. The molecule has 1 aromatic rings. The van der Waals surface area contributed by atoms with Crippen molar-refractivity contribution in [3.05, 3.63) is 18.2 Å². The van der Waals surface area contributed by atoms with Gasteiger partial charge in [0.2, 0.25) is 0 Å².